The molecule has 2 aromatic carbocycles. The van der Waals surface area contributed by atoms with Crippen LogP contribution in [0.15, 0.2) is 48.7 Å². The van der Waals surface area contributed by atoms with Crippen molar-refractivity contribution in [3.05, 3.63) is 70.9 Å². The zero-order valence-corrected chi connectivity index (χ0v) is 20.7. The number of benzene rings is 2. The summed E-state index contributed by atoms with van der Waals surface area (Å²) in [6.07, 6.45) is 5.68. The van der Waals surface area contributed by atoms with Gasteiger partial charge in [0.1, 0.15) is 11.3 Å². The number of nitrogen functional groups attached to an aromatic ring is 1. The molecule has 2 aromatic heterocycles. The number of carboxylic acids is 1. The molecule has 0 fully saturated rings. The Morgan fingerprint density at radius 1 is 1.09 bits per heavy atom. The van der Waals surface area contributed by atoms with E-state index >= 15 is 0 Å². The monoisotopic (exact) mass is 471 g/mol. The van der Waals surface area contributed by atoms with Crippen LogP contribution in [0.25, 0.3) is 21.8 Å². The lowest BCUT2D eigenvalue weighted by Gasteiger charge is -2.12. The molecule has 6 heteroatoms. The van der Waals surface area contributed by atoms with Crippen LogP contribution in [-0.4, -0.2) is 27.7 Å². The third-order valence-electron chi connectivity index (χ3n) is 6.68. The highest BCUT2D eigenvalue weighted by Crippen LogP contribution is 2.28. The van der Waals surface area contributed by atoms with Gasteiger partial charge < -0.3 is 15.6 Å². The van der Waals surface area contributed by atoms with Crippen molar-refractivity contribution < 1.29 is 14.6 Å². The van der Waals surface area contributed by atoms with E-state index in [1.54, 1.807) is 0 Å². The van der Waals surface area contributed by atoms with Crippen LogP contribution in [0.3, 0.4) is 0 Å². The van der Waals surface area contributed by atoms with Gasteiger partial charge in [0.25, 0.3) is 0 Å². The Bertz CT molecular complexity index is 1370. The molecule has 0 aliphatic heterocycles. The minimum Gasteiger partial charge on any atom is -0.494 e. The van der Waals surface area contributed by atoms with Crippen LogP contribution in [0.4, 0.5) is 5.82 Å². The van der Waals surface area contributed by atoms with Crippen LogP contribution in [0, 0.1) is 19.8 Å². The van der Waals surface area contributed by atoms with Gasteiger partial charge in [-0.2, -0.15) is 0 Å². The second-order valence-electron chi connectivity index (χ2n) is 9.28. The molecule has 35 heavy (non-hydrogen) atoms. The minimum atomic E-state index is -0.724. The SMILES string of the molecule is CCC(CCCOc1ccc(CCc2cnc3c(N)nc4cc(C)ccc4c3c2)c(C)c1)C(=O)O. The summed E-state index contributed by atoms with van der Waals surface area (Å²) in [7, 11) is 0. The molecule has 0 aliphatic carbocycles. The van der Waals surface area contributed by atoms with Crippen LogP contribution >= 0.6 is 0 Å². The summed E-state index contributed by atoms with van der Waals surface area (Å²) in [5.74, 6) is 0.274. The van der Waals surface area contributed by atoms with Crippen LogP contribution in [-0.2, 0) is 17.6 Å². The molecule has 0 radical (unpaired) electrons. The van der Waals surface area contributed by atoms with E-state index in [4.69, 9.17) is 15.6 Å². The van der Waals surface area contributed by atoms with Gasteiger partial charge in [0, 0.05) is 17.0 Å². The summed E-state index contributed by atoms with van der Waals surface area (Å²) in [5, 5.41) is 11.3. The van der Waals surface area contributed by atoms with Crippen molar-refractivity contribution in [1.29, 1.82) is 0 Å². The number of carbonyl (C=O) groups is 1. The van der Waals surface area contributed by atoms with Crippen molar-refractivity contribution in [3.63, 3.8) is 0 Å². The van der Waals surface area contributed by atoms with Crippen molar-refractivity contribution in [2.45, 2.75) is 52.9 Å². The molecular formula is C29H33N3O3. The minimum absolute atomic E-state index is 0.290. The molecule has 3 N–H and O–H groups in total. The lowest BCUT2D eigenvalue weighted by atomic mass is 9.99. The van der Waals surface area contributed by atoms with E-state index in [0.29, 0.717) is 25.3 Å². The van der Waals surface area contributed by atoms with Gasteiger partial charge in [-0.1, -0.05) is 25.1 Å². The fraction of sp³-hybridized carbons (Fsp3) is 0.345. The normalized spacial score (nSPS) is 12.2. The maximum Gasteiger partial charge on any atom is 0.306 e. The lowest BCUT2D eigenvalue weighted by molar-refractivity contribution is -0.142. The number of nitrogens with zero attached hydrogens (tertiary/aromatic N) is 2. The number of aliphatic carboxylic acids is 1. The van der Waals surface area contributed by atoms with Gasteiger partial charge >= 0.3 is 5.97 Å². The van der Waals surface area contributed by atoms with Crippen LogP contribution in [0.5, 0.6) is 5.75 Å². The van der Waals surface area contributed by atoms with Crippen molar-refractivity contribution >= 4 is 33.6 Å². The number of pyridine rings is 2. The zero-order valence-electron chi connectivity index (χ0n) is 20.7. The predicted octanol–water partition coefficient (Wildman–Crippen LogP) is 6.04. The summed E-state index contributed by atoms with van der Waals surface area (Å²) in [6, 6.07) is 14.6. The van der Waals surface area contributed by atoms with E-state index in [1.807, 2.05) is 19.2 Å². The fourth-order valence-corrected chi connectivity index (χ4v) is 4.54. The molecule has 6 nitrogen and oxygen atoms in total. The molecule has 0 saturated carbocycles. The standard InChI is InChI=1S/C29H33N3O3/c1-4-21(29(33)34)6-5-13-35-23-11-10-22(19(3)15-23)9-8-20-16-25-24-12-7-18(2)14-26(24)32-28(30)27(25)31-17-20/h7,10-12,14-17,21H,4-6,8-9,13H2,1-3H3,(H2,30,32)(H,33,34). The Morgan fingerprint density at radius 3 is 2.66 bits per heavy atom. The highest BCUT2D eigenvalue weighted by atomic mass is 16.5. The summed E-state index contributed by atoms with van der Waals surface area (Å²) >= 11 is 0. The first kappa shape index (κ1) is 24.5. The topological polar surface area (TPSA) is 98.3 Å². The molecule has 1 atom stereocenters. The number of anilines is 1. The van der Waals surface area contributed by atoms with Crippen molar-refractivity contribution in [2.75, 3.05) is 12.3 Å². The van der Waals surface area contributed by atoms with Gasteiger partial charge in [-0.15, -0.1) is 0 Å². The number of hydrogen-bond donors (Lipinski definition) is 2. The van der Waals surface area contributed by atoms with Crippen LogP contribution in [0.2, 0.25) is 0 Å². The number of carboxylic acid groups (broad SMARTS) is 1. The average molecular weight is 472 g/mol. The molecule has 4 aromatic rings. The number of ether oxygens (including phenoxy) is 1. The quantitative estimate of drug-likeness (QED) is 0.216. The Labute approximate surface area is 206 Å². The van der Waals surface area contributed by atoms with Crippen molar-refractivity contribution in [1.82, 2.24) is 9.97 Å². The number of rotatable bonds is 10. The Balaban J connectivity index is 1.41. The van der Waals surface area contributed by atoms with Crippen molar-refractivity contribution in [2.24, 2.45) is 5.92 Å². The second-order valence-corrected chi connectivity index (χ2v) is 9.28. The molecule has 4 rings (SSSR count). The Kier molecular flexibility index (Phi) is 7.49. The Hall–Kier alpha value is -3.67. The molecule has 2 heterocycles. The van der Waals surface area contributed by atoms with Gasteiger partial charge in [0.2, 0.25) is 0 Å². The largest absolute Gasteiger partial charge is 0.494 e. The second kappa shape index (κ2) is 10.7. The summed E-state index contributed by atoms with van der Waals surface area (Å²) < 4.78 is 5.87. The first-order valence-corrected chi connectivity index (χ1v) is 12.2. The number of aromatic nitrogens is 2. The predicted molar refractivity (Wildman–Crippen MR) is 141 cm³/mol. The maximum absolute atomic E-state index is 11.1. The first-order valence-electron chi connectivity index (χ1n) is 12.2. The van der Waals surface area contributed by atoms with Crippen LogP contribution < -0.4 is 10.5 Å². The molecular weight excluding hydrogens is 438 g/mol. The smallest absolute Gasteiger partial charge is 0.306 e. The van der Waals surface area contributed by atoms with E-state index in [0.717, 1.165) is 57.9 Å². The van der Waals surface area contributed by atoms with E-state index in [1.165, 1.54) is 11.1 Å². The number of aryl methyl sites for hydroxylation is 4. The fourth-order valence-electron chi connectivity index (χ4n) is 4.54. The highest BCUT2D eigenvalue weighted by Gasteiger charge is 2.14. The van der Waals surface area contributed by atoms with Crippen LogP contribution in [0.1, 0.15) is 48.4 Å². The third-order valence-corrected chi connectivity index (χ3v) is 6.68. The zero-order chi connectivity index (χ0) is 24.9. The third kappa shape index (κ3) is 5.70. The molecule has 0 spiro atoms. The summed E-state index contributed by atoms with van der Waals surface area (Å²) in [6.45, 7) is 6.58. The van der Waals surface area contributed by atoms with E-state index in [2.05, 4.69) is 60.2 Å². The Morgan fingerprint density at radius 2 is 1.91 bits per heavy atom. The molecule has 0 amide bonds. The van der Waals surface area contributed by atoms with Crippen molar-refractivity contribution in [3.8, 4) is 5.75 Å². The highest BCUT2D eigenvalue weighted by molar-refractivity contribution is 6.08. The summed E-state index contributed by atoms with van der Waals surface area (Å²) in [4.78, 5) is 20.3. The molecule has 0 saturated heterocycles. The van der Waals surface area contributed by atoms with E-state index in [9.17, 15) is 4.79 Å². The van der Waals surface area contributed by atoms with Gasteiger partial charge in [0.05, 0.1) is 18.0 Å². The average Bonchev–Trinajstić information content (AvgIpc) is 2.83. The van der Waals surface area contributed by atoms with Gasteiger partial charge in [-0.05, 0) is 92.5 Å². The number of fused-ring (bicyclic) bond motifs is 3. The van der Waals surface area contributed by atoms with E-state index < -0.39 is 5.97 Å². The molecule has 1 unspecified atom stereocenters. The number of hydrogen-bond acceptors (Lipinski definition) is 5. The molecule has 0 bridgehead atoms. The van der Waals surface area contributed by atoms with Gasteiger partial charge in [-0.3, -0.25) is 9.78 Å². The van der Waals surface area contributed by atoms with E-state index in [-0.39, 0.29) is 5.92 Å². The summed E-state index contributed by atoms with van der Waals surface area (Å²) in [5.41, 5.74) is 12.6. The lowest BCUT2D eigenvalue weighted by Crippen LogP contribution is -2.13. The molecule has 182 valence electrons. The maximum atomic E-state index is 11.1. The molecule has 0 aliphatic rings. The van der Waals surface area contributed by atoms with Gasteiger partial charge in [-0.25, -0.2) is 4.98 Å². The van der Waals surface area contributed by atoms with Gasteiger partial charge in [0.15, 0.2) is 5.82 Å². The first-order chi connectivity index (χ1) is 16.9. The number of nitrogens with two attached hydrogens (primary N) is 1.